The van der Waals surface area contributed by atoms with E-state index in [-0.39, 0.29) is 5.60 Å². The summed E-state index contributed by atoms with van der Waals surface area (Å²) in [6, 6.07) is 7.95. The largest absolute Gasteiger partial charge is 0.375 e. The van der Waals surface area contributed by atoms with Gasteiger partial charge in [-0.3, -0.25) is 4.79 Å². The lowest BCUT2D eigenvalue weighted by Gasteiger charge is -2.43. The Labute approximate surface area is 125 Å². The fraction of sp³-hybridized carbons (Fsp3) is 0.588. The average molecular weight is 290 g/mol. The van der Waals surface area contributed by atoms with E-state index in [1.165, 1.54) is 43.4 Å². The maximum Gasteiger partial charge on any atom is 0.150 e. The summed E-state index contributed by atoms with van der Waals surface area (Å²) in [7, 11) is 0. The molecule has 108 valence electrons. The van der Waals surface area contributed by atoms with Crippen LogP contribution >= 0.6 is 11.8 Å². The highest BCUT2D eigenvalue weighted by Gasteiger charge is 2.38. The molecule has 0 radical (unpaired) electrons. The molecule has 2 fully saturated rings. The number of carbonyl (C=O) groups is 1. The van der Waals surface area contributed by atoms with Crippen LogP contribution in [-0.4, -0.2) is 23.7 Å². The van der Waals surface area contributed by atoms with E-state index in [1.807, 2.05) is 23.9 Å². The zero-order chi connectivity index (χ0) is 13.8. The molecule has 3 rings (SSSR count). The summed E-state index contributed by atoms with van der Waals surface area (Å²) < 4.78 is 6.15. The third kappa shape index (κ3) is 3.26. The summed E-state index contributed by atoms with van der Waals surface area (Å²) in [6.45, 7) is 0.907. The molecule has 1 saturated carbocycles. The smallest absolute Gasteiger partial charge is 0.150 e. The molecule has 20 heavy (non-hydrogen) atoms. The summed E-state index contributed by atoms with van der Waals surface area (Å²) in [6.07, 6.45) is 9.74. The van der Waals surface area contributed by atoms with E-state index in [4.69, 9.17) is 4.74 Å². The van der Waals surface area contributed by atoms with Gasteiger partial charge in [-0.2, -0.15) is 0 Å². The fourth-order valence-corrected chi connectivity index (χ4v) is 4.72. The topological polar surface area (TPSA) is 26.3 Å². The van der Waals surface area contributed by atoms with Crippen LogP contribution in [0.2, 0.25) is 0 Å². The highest BCUT2D eigenvalue weighted by Crippen LogP contribution is 2.43. The SMILES string of the molecule is O=Cc1ccc(SC2CCOC3(CCCCC3)C2)cc1. The van der Waals surface area contributed by atoms with Crippen molar-refractivity contribution in [2.45, 2.75) is 60.7 Å². The van der Waals surface area contributed by atoms with Crippen molar-refractivity contribution in [2.24, 2.45) is 0 Å². The molecule has 0 bridgehead atoms. The second kappa shape index (κ2) is 6.31. The molecule has 1 aromatic rings. The van der Waals surface area contributed by atoms with Gasteiger partial charge in [0.15, 0.2) is 0 Å². The summed E-state index contributed by atoms with van der Waals surface area (Å²) >= 11 is 1.96. The Bertz CT molecular complexity index is 443. The van der Waals surface area contributed by atoms with Crippen molar-refractivity contribution in [3.63, 3.8) is 0 Å². The average Bonchev–Trinajstić information content (AvgIpc) is 2.49. The first-order chi connectivity index (χ1) is 9.80. The number of ether oxygens (including phenoxy) is 1. The second-order valence-electron chi connectivity index (χ2n) is 6.01. The van der Waals surface area contributed by atoms with E-state index in [1.54, 1.807) is 0 Å². The molecule has 1 saturated heterocycles. The second-order valence-corrected chi connectivity index (χ2v) is 7.39. The summed E-state index contributed by atoms with van der Waals surface area (Å²) in [5.74, 6) is 0. The van der Waals surface area contributed by atoms with Crippen molar-refractivity contribution in [2.75, 3.05) is 6.61 Å². The first kappa shape index (κ1) is 14.2. The molecule has 1 aliphatic carbocycles. The van der Waals surface area contributed by atoms with Gasteiger partial charge in [-0.1, -0.05) is 31.4 Å². The number of hydrogen-bond donors (Lipinski definition) is 0. The minimum atomic E-state index is 0.177. The van der Waals surface area contributed by atoms with Crippen molar-refractivity contribution < 1.29 is 9.53 Å². The van der Waals surface area contributed by atoms with Crippen LogP contribution in [0.4, 0.5) is 0 Å². The molecule has 1 heterocycles. The van der Waals surface area contributed by atoms with Gasteiger partial charge >= 0.3 is 0 Å². The highest BCUT2D eigenvalue weighted by atomic mass is 32.2. The molecule has 1 aromatic carbocycles. The lowest BCUT2D eigenvalue weighted by atomic mass is 9.80. The van der Waals surface area contributed by atoms with Gasteiger partial charge in [0.1, 0.15) is 6.29 Å². The molecule has 1 aliphatic heterocycles. The number of benzene rings is 1. The van der Waals surface area contributed by atoms with E-state index in [0.717, 1.165) is 24.9 Å². The van der Waals surface area contributed by atoms with Gasteiger partial charge in [0.25, 0.3) is 0 Å². The van der Waals surface area contributed by atoms with Crippen LogP contribution in [0.1, 0.15) is 55.3 Å². The maximum absolute atomic E-state index is 10.7. The van der Waals surface area contributed by atoms with Crippen molar-refractivity contribution in [1.29, 1.82) is 0 Å². The molecule has 2 aliphatic rings. The lowest BCUT2D eigenvalue weighted by Crippen LogP contribution is -2.42. The zero-order valence-corrected chi connectivity index (χ0v) is 12.7. The first-order valence-electron chi connectivity index (χ1n) is 7.66. The Morgan fingerprint density at radius 1 is 1.15 bits per heavy atom. The Balaban J connectivity index is 1.63. The van der Waals surface area contributed by atoms with E-state index in [0.29, 0.717) is 5.25 Å². The highest BCUT2D eigenvalue weighted by molar-refractivity contribution is 8.00. The first-order valence-corrected chi connectivity index (χ1v) is 8.54. The minimum absolute atomic E-state index is 0.177. The van der Waals surface area contributed by atoms with Crippen LogP contribution in [0.5, 0.6) is 0 Å². The van der Waals surface area contributed by atoms with Crippen LogP contribution in [0.15, 0.2) is 29.2 Å². The van der Waals surface area contributed by atoms with Crippen LogP contribution in [0, 0.1) is 0 Å². The molecule has 1 unspecified atom stereocenters. The maximum atomic E-state index is 10.7. The number of rotatable bonds is 3. The van der Waals surface area contributed by atoms with Gasteiger partial charge in [0.05, 0.1) is 5.60 Å². The van der Waals surface area contributed by atoms with E-state index < -0.39 is 0 Å². The minimum Gasteiger partial charge on any atom is -0.375 e. The van der Waals surface area contributed by atoms with Gasteiger partial charge in [-0.15, -0.1) is 11.8 Å². The molecule has 2 nitrogen and oxygen atoms in total. The summed E-state index contributed by atoms with van der Waals surface area (Å²) in [5.41, 5.74) is 0.932. The molecular formula is C17H22O2S. The Kier molecular flexibility index (Phi) is 4.47. The van der Waals surface area contributed by atoms with Crippen molar-refractivity contribution in [1.82, 2.24) is 0 Å². The zero-order valence-electron chi connectivity index (χ0n) is 11.8. The quantitative estimate of drug-likeness (QED) is 0.768. The number of thioether (sulfide) groups is 1. The van der Waals surface area contributed by atoms with Crippen LogP contribution in [0.3, 0.4) is 0 Å². The molecule has 0 aromatic heterocycles. The normalized spacial score (nSPS) is 25.5. The van der Waals surface area contributed by atoms with Crippen molar-refractivity contribution >= 4 is 18.0 Å². The summed E-state index contributed by atoms with van der Waals surface area (Å²) in [5, 5.41) is 0.656. The summed E-state index contributed by atoms with van der Waals surface area (Å²) in [4.78, 5) is 12.0. The molecule has 0 N–H and O–H groups in total. The van der Waals surface area contributed by atoms with E-state index in [2.05, 4.69) is 12.1 Å². The monoisotopic (exact) mass is 290 g/mol. The predicted molar refractivity (Wildman–Crippen MR) is 82.5 cm³/mol. The van der Waals surface area contributed by atoms with E-state index in [9.17, 15) is 4.79 Å². The molecule has 1 spiro atoms. The molecule has 1 atom stereocenters. The van der Waals surface area contributed by atoms with Gasteiger partial charge in [-0.25, -0.2) is 0 Å². The Hall–Kier alpha value is -0.800. The number of hydrogen-bond acceptors (Lipinski definition) is 3. The third-order valence-corrected chi connectivity index (χ3v) is 5.81. The van der Waals surface area contributed by atoms with Crippen LogP contribution < -0.4 is 0 Å². The number of aldehydes is 1. The standard InChI is InChI=1S/C17H22O2S/c18-13-14-4-6-15(7-5-14)20-16-8-11-19-17(12-16)9-2-1-3-10-17/h4-7,13,16H,1-3,8-12H2. The van der Waals surface area contributed by atoms with Crippen LogP contribution in [0.25, 0.3) is 0 Å². The lowest BCUT2D eigenvalue weighted by molar-refractivity contribution is -0.0970. The molecule has 0 amide bonds. The van der Waals surface area contributed by atoms with Gasteiger partial charge in [0, 0.05) is 22.3 Å². The van der Waals surface area contributed by atoms with Crippen molar-refractivity contribution in [3.8, 4) is 0 Å². The van der Waals surface area contributed by atoms with Gasteiger partial charge in [0.2, 0.25) is 0 Å². The Morgan fingerprint density at radius 2 is 1.90 bits per heavy atom. The van der Waals surface area contributed by atoms with Gasteiger partial charge < -0.3 is 4.74 Å². The number of carbonyl (C=O) groups excluding carboxylic acids is 1. The third-order valence-electron chi connectivity index (χ3n) is 4.53. The Morgan fingerprint density at radius 3 is 2.60 bits per heavy atom. The predicted octanol–water partition coefficient (Wildman–Crippen LogP) is 4.47. The molecule has 3 heteroatoms. The van der Waals surface area contributed by atoms with Crippen molar-refractivity contribution in [3.05, 3.63) is 29.8 Å². The van der Waals surface area contributed by atoms with Gasteiger partial charge in [-0.05, 0) is 37.8 Å². The fourth-order valence-electron chi connectivity index (χ4n) is 3.45. The molecular weight excluding hydrogens is 268 g/mol. The van der Waals surface area contributed by atoms with E-state index >= 15 is 0 Å². The van der Waals surface area contributed by atoms with Crippen LogP contribution in [-0.2, 0) is 4.74 Å².